The molecule has 0 fully saturated rings. The molecule has 0 atom stereocenters. The van der Waals surface area contributed by atoms with Gasteiger partial charge in [0.25, 0.3) is 21.6 Å². The Morgan fingerprint density at radius 3 is 2.14 bits per heavy atom. The minimum absolute atomic E-state index is 0.0781. The molecule has 1 N–H and O–H groups in total. The summed E-state index contributed by atoms with van der Waals surface area (Å²) in [5.41, 5.74) is -0.785. The highest BCUT2D eigenvalue weighted by Gasteiger charge is 2.29. The number of nitrogens with one attached hydrogen (secondary N) is 1. The quantitative estimate of drug-likeness (QED) is 0.519. The lowest BCUT2D eigenvalue weighted by atomic mass is 10.2. The number of nitrogens with zero attached hydrogens (tertiary/aromatic N) is 3. The number of carbonyl (C=O) groups is 1. The molecule has 11 nitrogen and oxygen atoms in total. The summed E-state index contributed by atoms with van der Waals surface area (Å²) in [5, 5.41) is 10.8. The van der Waals surface area contributed by atoms with E-state index < -0.39 is 40.7 Å². The van der Waals surface area contributed by atoms with Crippen LogP contribution >= 0.6 is 0 Å². The average Bonchev–Trinajstić information content (AvgIpc) is 2.60. The molecular formula is C15H16N4O7S2. The fourth-order valence-electron chi connectivity index (χ4n) is 2.18. The van der Waals surface area contributed by atoms with Gasteiger partial charge in [0, 0.05) is 20.2 Å². The third kappa shape index (κ3) is 4.16. The van der Waals surface area contributed by atoms with E-state index in [4.69, 9.17) is 0 Å². The van der Waals surface area contributed by atoms with Gasteiger partial charge in [0.1, 0.15) is 21.2 Å². The second-order valence-corrected chi connectivity index (χ2v) is 9.50. The number of pyridine rings is 1. The Morgan fingerprint density at radius 1 is 1.07 bits per heavy atom. The summed E-state index contributed by atoms with van der Waals surface area (Å²) in [6, 6.07) is 6.82. The van der Waals surface area contributed by atoms with Crippen LogP contribution in [-0.2, 0) is 20.0 Å². The van der Waals surface area contributed by atoms with E-state index in [0.29, 0.717) is 0 Å². The number of hydrogen-bond donors (Lipinski definition) is 1. The van der Waals surface area contributed by atoms with Crippen molar-refractivity contribution in [1.82, 2.24) is 14.0 Å². The first kappa shape index (κ1) is 21.4. The van der Waals surface area contributed by atoms with Gasteiger partial charge in [0.15, 0.2) is 0 Å². The van der Waals surface area contributed by atoms with E-state index in [1.165, 1.54) is 33.2 Å². The molecule has 0 saturated heterocycles. The van der Waals surface area contributed by atoms with Crippen LogP contribution < -0.4 is 4.72 Å². The van der Waals surface area contributed by atoms with Gasteiger partial charge in [-0.1, -0.05) is 12.1 Å². The number of nitro groups is 1. The number of aryl methyl sites for hydroxylation is 1. The first-order valence-corrected chi connectivity index (χ1v) is 10.5. The lowest BCUT2D eigenvalue weighted by Crippen LogP contribution is -2.33. The van der Waals surface area contributed by atoms with Crippen LogP contribution in [0.5, 0.6) is 0 Å². The number of rotatable bonds is 6. The van der Waals surface area contributed by atoms with E-state index in [1.807, 2.05) is 0 Å². The molecule has 28 heavy (non-hydrogen) atoms. The van der Waals surface area contributed by atoms with Gasteiger partial charge >= 0.3 is 0 Å². The smallest absolute Gasteiger partial charge is 0.266 e. The van der Waals surface area contributed by atoms with Crippen LogP contribution in [-0.4, -0.2) is 51.1 Å². The SMILES string of the molecule is Cc1nc(C(=O)NS(=O)(=O)c2ccccc2S(=O)(=O)N(C)C)ccc1[N+](=O)[O-]. The second-order valence-electron chi connectivity index (χ2n) is 5.73. The minimum Gasteiger partial charge on any atom is -0.266 e. The molecule has 1 aromatic heterocycles. The zero-order valence-corrected chi connectivity index (χ0v) is 16.6. The van der Waals surface area contributed by atoms with Gasteiger partial charge in [-0.2, -0.15) is 0 Å². The van der Waals surface area contributed by atoms with Crippen LogP contribution in [0.25, 0.3) is 0 Å². The summed E-state index contributed by atoms with van der Waals surface area (Å²) >= 11 is 0. The van der Waals surface area contributed by atoms with E-state index >= 15 is 0 Å². The zero-order valence-electron chi connectivity index (χ0n) is 15.0. The number of amides is 1. The average molecular weight is 428 g/mol. The van der Waals surface area contributed by atoms with Crippen LogP contribution in [0.2, 0.25) is 0 Å². The molecule has 13 heteroatoms. The van der Waals surface area contributed by atoms with Crippen molar-refractivity contribution in [3.8, 4) is 0 Å². The predicted molar refractivity (Wildman–Crippen MR) is 97.6 cm³/mol. The van der Waals surface area contributed by atoms with Crippen LogP contribution in [0.15, 0.2) is 46.2 Å². The van der Waals surface area contributed by atoms with E-state index in [2.05, 4.69) is 4.98 Å². The largest absolute Gasteiger partial charge is 0.290 e. The van der Waals surface area contributed by atoms with E-state index in [1.54, 1.807) is 4.72 Å². The Balaban J connectivity index is 2.44. The predicted octanol–water partition coefficient (Wildman–Crippen LogP) is 0.667. The molecule has 0 unspecified atom stereocenters. The van der Waals surface area contributed by atoms with Crippen molar-refractivity contribution in [2.75, 3.05) is 14.1 Å². The standard InChI is InChI=1S/C15H16N4O7S2/c1-10-12(19(21)22)9-8-11(16-10)15(20)17-27(23,24)13-6-4-5-7-14(13)28(25,26)18(2)3/h4-9H,1-3H3,(H,17,20). The maximum Gasteiger partial charge on any atom is 0.290 e. The fourth-order valence-corrected chi connectivity index (χ4v) is 4.84. The summed E-state index contributed by atoms with van der Waals surface area (Å²) in [7, 11) is -6.20. The van der Waals surface area contributed by atoms with Crippen molar-refractivity contribution < 1.29 is 26.6 Å². The third-order valence-corrected chi connectivity index (χ3v) is 7.00. The number of sulfonamides is 2. The van der Waals surface area contributed by atoms with Gasteiger partial charge in [0.2, 0.25) is 10.0 Å². The highest BCUT2D eigenvalue weighted by molar-refractivity contribution is 7.92. The Morgan fingerprint density at radius 2 is 1.64 bits per heavy atom. The summed E-state index contributed by atoms with van der Waals surface area (Å²) < 4.78 is 52.5. The summed E-state index contributed by atoms with van der Waals surface area (Å²) in [5.74, 6) is -1.16. The molecule has 0 bridgehead atoms. The number of aromatic nitrogens is 1. The van der Waals surface area contributed by atoms with Crippen molar-refractivity contribution >= 4 is 31.6 Å². The van der Waals surface area contributed by atoms with Gasteiger partial charge in [-0.15, -0.1) is 0 Å². The Labute approximate surface area is 161 Å². The lowest BCUT2D eigenvalue weighted by molar-refractivity contribution is -0.385. The number of carbonyl (C=O) groups excluding carboxylic acids is 1. The highest BCUT2D eigenvalue weighted by atomic mass is 32.2. The van der Waals surface area contributed by atoms with Crippen molar-refractivity contribution in [2.45, 2.75) is 16.7 Å². The molecule has 0 spiro atoms. The van der Waals surface area contributed by atoms with Gasteiger partial charge in [-0.05, 0) is 25.1 Å². The van der Waals surface area contributed by atoms with Crippen molar-refractivity contribution in [3.05, 3.63) is 57.9 Å². The minimum atomic E-state index is -4.57. The molecule has 0 saturated carbocycles. The van der Waals surface area contributed by atoms with Crippen LogP contribution in [0.3, 0.4) is 0 Å². The first-order chi connectivity index (χ1) is 12.9. The van der Waals surface area contributed by atoms with E-state index in [9.17, 15) is 31.7 Å². The summed E-state index contributed by atoms with van der Waals surface area (Å²) in [6.07, 6.45) is 0. The fraction of sp³-hybridized carbons (Fsp3) is 0.200. The summed E-state index contributed by atoms with van der Waals surface area (Å²) in [6.45, 7) is 1.29. The topological polar surface area (TPSA) is 157 Å². The number of hydrogen-bond acceptors (Lipinski definition) is 8. The van der Waals surface area contributed by atoms with E-state index in [0.717, 1.165) is 28.6 Å². The van der Waals surface area contributed by atoms with Crippen molar-refractivity contribution in [1.29, 1.82) is 0 Å². The maximum absolute atomic E-state index is 12.6. The lowest BCUT2D eigenvalue weighted by Gasteiger charge is -2.15. The number of benzene rings is 1. The molecule has 0 aliphatic carbocycles. The molecule has 150 valence electrons. The third-order valence-electron chi connectivity index (χ3n) is 3.61. The normalized spacial score (nSPS) is 12.0. The molecule has 1 amide bonds. The summed E-state index contributed by atoms with van der Waals surface area (Å²) in [4.78, 5) is 25.0. The second kappa shape index (κ2) is 7.61. The zero-order chi connectivity index (χ0) is 21.3. The molecule has 2 aromatic rings. The first-order valence-electron chi connectivity index (χ1n) is 7.58. The van der Waals surface area contributed by atoms with Crippen LogP contribution in [0.1, 0.15) is 16.2 Å². The molecule has 0 aliphatic heterocycles. The van der Waals surface area contributed by atoms with Gasteiger partial charge in [-0.25, -0.2) is 30.8 Å². The Kier molecular flexibility index (Phi) is 5.82. The Bertz CT molecular complexity index is 1160. The maximum atomic E-state index is 12.6. The van der Waals surface area contributed by atoms with Gasteiger partial charge in [0.05, 0.1) is 4.92 Å². The van der Waals surface area contributed by atoms with Gasteiger partial charge < -0.3 is 0 Å². The molecule has 0 radical (unpaired) electrons. The van der Waals surface area contributed by atoms with Crippen LogP contribution in [0, 0.1) is 17.0 Å². The Hall–Kier alpha value is -2.90. The van der Waals surface area contributed by atoms with Crippen molar-refractivity contribution in [2.24, 2.45) is 0 Å². The molecule has 0 aliphatic rings. The monoisotopic (exact) mass is 428 g/mol. The highest BCUT2D eigenvalue weighted by Crippen LogP contribution is 2.23. The van der Waals surface area contributed by atoms with E-state index in [-0.39, 0.29) is 17.1 Å². The van der Waals surface area contributed by atoms with Crippen molar-refractivity contribution in [3.63, 3.8) is 0 Å². The molecule has 2 rings (SSSR count). The molecule has 1 aromatic carbocycles. The van der Waals surface area contributed by atoms with Gasteiger partial charge in [-0.3, -0.25) is 14.9 Å². The molecular weight excluding hydrogens is 412 g/mol. The van der Waals surface area contributed by atoms with Crippen LogP contribution in [0.4, 0.5) is 5.69 Å². The molecule has 1 heterocycles.